The van der Waals surface area contributed by atoms with Crippen LogP contribution in [0, 0.1) is 17.0 Å². The smallest absolute Gasteiger partial charge is 0.183 e. The Labute approximate surface area is 146 Å². The van der Waals surface area contributed by atoms with Gasteiger partial charge < -0.3 is 0 Å². The van der Waals surface area contributed by atoms with Crippen LogP contribution in [0.2, 0.25) is 0 Å². The Kier molecular flexibility index (Phi) is 3.60. The largest absolute Gasteiger partial charge is 0.292 e. The lowest BCUT2D eigenvalue weighted by atomic mass is 9.86. The second kappa shape index (κ2) is 5.48. The van der Waals surface area contributed by atoms with E-state index in [4.69, 9.17) is 0 Å². The zero-order chi connectivity index (χ0) is 17.9. The van der Waals surface area contributed by atoms with Crippen LogP contribution in [0.5, 0.6) is 0 Å². The first-order valence-electron chi connectivity index (χ1n) is 8.86. The summed E-state index contributed by atoms with van der Waals surface area (Å²) < 4.78 is 29.2. The van der Waals surface area contributed by atoms with E-state index in [0.29, 0.717) is 24.0 Å². The van der Waals surface area contributed by atoms with Crippen molar-refractivity contribution in [2.45, 2.75) is 58.3 Å². The SMILES string of the molecule is CC(C)(C)CC(=O)c1nn(-c2ccc(F)cc2F)c2c1C1CCC2C1. The molecule has 25 heavy (non-hydrogen) atoms. The van der Waals surface area contributed by atoms with Gasteiger partial charge >= 0.3 is 0 Å². The fourth-order valence-electron chi connectivity index (χ4n) is 4.34. The minimum Gasteiger partial charge on any atom is -0.292 e. The molecule has 2 bridgehead atoms. The number of nitrogens with zero attached hydrogens (tertiary/aromatic N) is 2. The minimum absolute atomic E-state index is 0.0116. The highest BCUT2D eigenvalue weighted by Gasteiger charge is 2.44. The van der Waals surface area contributed by atoms with Gasteiger partial charge in [-0.3, -0.25) is 4.79 Å². The summed E-state index contributed by atoms with van der Waals surface area (Å²) >= 11 is 0. The molecular formula is C20H22F2N2O. The monoisotopic (exact) mass is 344 g/mol. The predicted octanol–water partition coefficient (Wildman–Crippen LogP) is 5.13. The number of ketones is 1. The molecule has 3 nitrogen and oxygen atoms in total. The van der Waals surface area contributed by atoms with Crippen molar-refractivity contribution in [3.63, 3.8) is 0 Å². The molecule has 0 amide bonds. The van der Waals surface area contributed by atoms with Crippen LogP contribution in [0.25, 0.3) is 5.69 Å². The standard InChI is InChI=1S/C20H22F2N2O/c1-20(2,3)10-16(25)18-17-11-4-5-12(8-11)19(17)24(23-18)15-7-6-13(21)9-14(15)22/h6-7,9,11-12H,4-5,8,10H2,1-3H3. The molecule has 2 atom stereocenters. The highest BCUT2D eigenvalue weighted by Crippen LogP contribution is 2.55. The molecule has 0 aliphatic heterocycles. The molecule has 2 aliphatic carbocycles. The third kappa shape index (κ3) is 2.70. The first-order chi connectivity index (χ1) is 11.7. The lowest BCUT2D eigenvalue weighted by Crippen LogP contribution is -2.15. The van der Waals surface area contributed by atoms with Gasteiger partial charge in [-0.05, 0) is 42.7 Å². The van der Waals surface area contributed by atoms with Crippen LogP contribution in [0.3, 0.4) is 0 Å². The summed E-state index contributed by atoms with van der Waals surface area (Å²) in [5.41, 5.74) is 2.54. The highest BCUT2D eigenvalue weighted by atomic mass is 19.1. The van der Waals surface area contributed by atoms with Gasteiger partial charge in [0.1, 0.15) is 17.2 Å². The number of fused-ring (bicyclic) bond motifs is 5. The Balaban J connectivity index is 1.86. The number of hydrogen-bond donors (Lipinski definition) is 0. The second-order valence-corrected chi connectivity index (χ2v) is 8.52. The summed E-state index contributed by atoms with van der Waals surface area (Å²) in [4.78, 5) is 12.9. The normalized spacial score (nSPS) is 21.6. The third-order valence-corrected chi connectivity index (χ3v) is 5.28. The number of aromatic nitrogens is 2. The Morgan fingerprint density at radius 3 is 2.64 bits per heavy atom. The van der Waals surface area contributed by atoms with Gasteiger partial charge in [0.05, 0.1) is 5.69 Å². The molecule has 1 fully saturated rings. The van der Waals surface area contributed by atoms with Crippen LogP contribution in [0.15, 0.2) is 18.2 Å². The van der Waals surface area contributed by atoms with Gasteiger partial charge in [-0.1, -0.05) is 20.8 Å². The van der Waals surface area contributed by atoms with E-state index < -0.39 is 11.6 Å². The van der Waals surface area contributed by atoms with E-state index in [9.17, 15) is 13.6 Å². The van der Waals surface area contributed by atoms with Gasteiger partial charge in [-0.25, -0.2) is 13.5 Å². The van der Waals surface area contributed by atoms with E-state index in [2.05, 4.69) is 5.10 Å². The number of carbonyl (C=O) groups excluding carboxylic acids is 1. The van der Waals surface area contributed by atoms with Crippen LogP contribution < -0.4 is 0 Å². The number of carbonyl (C=O) groups is 1. The van der Waals surface area contributed by atoms with Crippen molar-refractivity contribution in [3.05, 3.63) is 46.8 Å². The van der Waals surface area contributed by atoms with Gasteiger partial charge in [0.15, 0.2) is 11.6 Å². The number of halogens is 2. The molecule has 2 unspecified atom stereocenters. The molecule has 0 radical (unpaired) electrons. The second-order valence-electron chi connectivity index (χ2n) is 8.52. The number of Topliss-reactive ketones (excluding diaryl/α,β-unsaturated/α-hetero) is 1. The molecule has 2 aliphatic rings. The van der Waals surface area contributed by atoms with Crippen LogP contribution in [-0.2, 0) is 0 Å². The van der Waals surface area contributed by atoms with E-state index in [1.807, 2.05) is 20.8 Å². The summed E-state index contributed by atoms with van der Waals surface area (Å²) in [6.45, 7) is 6.07. The number of benzene rings is 1. The third-order valence-electron chi connectivity index (χ3n) is 5.28. The molecule has 2 aromatic rings. The molecule has 0 N–H and O–H groups in total. The zero-order valence-electron chi connectivity index (χ0n) is 14.8. The van der Waals surface area contributed by atoms with Gasteiger partial charge in [0.25, 0.3) is 0 Å². The number of hydrogen-bond acceptors (Lipinski definition) is 2. The Morgan fingerprint density at radius 2 is 1.96 bits per heavy atom. The fourth-order valence-corrected chi connectivity index (χ4v) is 4.34. The minimum atomic E-state index is -0.650. The summed E-state index contributed by atoms with van der Waals surface area (Å²) in [5.74, 6) is -0.597. The predicted molar refractivity (Wildman–Crippen MR) is 91.2 cm³/mol. The van der Waals surface area contributed by atoms with E-state index >= 15 is 0 Å². The van der Waals surface area contributed by atoms with Gasteiger partial charge in [0.2, 0.25) is 0 Å². The fraction of sp³-hybridized carbons (Fsp3) is 0.500. The van der Waals surface area contributed by atoms with Crippen LogP contribution in [-0.4, -0.2) is 15.6 Å². The summed E-state index contributed by atoms with van der Waals surface area (Å²) in [6.07, 6.45) is 3.51. The molecule has 1 saturated carbocycles. The first-order valence-corrected chi connectivity index (χ1v) is 8.86. The summed E-state index contributed by atoms with van der Waals surface area (Å²) in [6, 6.07) is 3.51. The van der Waals surface area contributed by atoms with Gasteiger partial charge in [0, 0.05) is 24.0 Å². The summed E-state index contributed by atoms with van der Waals surface area (Å²) in [5, 5.41) is 4.52. The van der Waals surface area contributed by atoms with Crippen molar-refractivity contribution in [1.82, 2.24) is 9.78 Å². The van der Waals surface area contributed by atoms with Crippen molar-refractivity contribution in [3.8, 4) is 5.69 Å². The van der Waals surface area contributed by atoms with E-state index in [-0.39, 0.29) is 16.9 Å². The quantitative estimate of drug-likeness (QED) is 0.723. The molecule has 1 aromatic carbocycles. The van der Waals surface area contributed by atoms with Crippen LogP contribution >= 0.6 is 0 Å². The Morgan fingerprint density at radius 1 is 1.24 bits per heavy atom. The molecule has 0 saturated heterocycles. The average molecular weight is 344 g/mol. The highest BCUT2D eigenvalue weighted by molar-refractivity contribution is 5.97. The molecule has 1 aromatic heterocycles. The van der Waals surface area contributed by atoms with E-state index in [1.54, 1.807) is 4.68 Å². The maximum absolute atomic E-state index is 14.3. The Hall–Kier alpha value is -2.04. The van der Waals surface area contributed by atoms with Crippen molar-refractivity contribution in [1.29, 1.82) is 0 Å². The van der Waals surface area contributed by atoms with Crippen molar-refractivity contribution >= 4 is 5.78 Å². The van der Waals surface area contributed by atoms with E-state index in [0.717, 1.165) is 36.6 Å². The molecule has 5 heteroatoms. The van der Waals surface area contributed by atoms with Crippen LogP contribution in [0.1, 0.15) is 80.0 Å². The average Bonchev–Trinajstić information content (AvgIpc) is 3.17. The zero-order valence-corrected chi connectivity index (χ0v) is 14.8. The molecular weight excluding hydrogens is 322 g/mol. The molecule has 132 valence electrons. The van der Waals surface area contributed by atoms with Gasteiger partial charge in [-0.2, -0.15) is 5.10 Å². The molecule has 1 heterocycles. The maximum atomic E-state index is 14.3. The first kappa shape index (κ1) is 16.4. The van der Waals surface area contributed by atoms with Crippen LogP contribution in [0.4, 0.5) is 8.78 Å². The summed E-state index contributed by atoms with van der Waals surface area (Å²) in [7, 11) is 0. The van der Waals surface area contributed by atoms with Crippen molar-refractivity contribution in [2.75, 3.05) is 0 Å². The molecule has 0 spiro atoms. The van der Waals surface area contributed by atoms with E-state index in [1.165, 1.54) is 12.1 Å². The maximum Gasteiger partial charge on any atom is 0.183 e. The lowest BCUT2D eigenvalue weighted by Gasteiger charge is -2.17. The van der Waals surface area contributed by atoms with Crippen molar-refractivity contribution in [2.24, 2.45) is 5.41 Å². The molecule has 4 rings (SSSR count). The lowest BCUT2D eigenvalue weighted by molar-refractivity contribution is 0.0933. The van der Waals surface area contributed by atoms with Crippen molar-refractivity contribution < 1.29 is 13.6 Å². The topological polar surface area (TPSA) is 34.9 Å². The number of rotatable bonds is 3. The van der Waals surface area contributed by atoms with Gasteiger partial charge in [-0.15, -0.1) is 0 Å². The Bertz CT molecular complexity index is 863.